The molecule has 3 rings (SSSR count). The van der Waals surface area contributed by atoms with E-state index in [0.717, 1.165) is 16.7 Å². The van der Waals surface area contributed by atoms with Crippen LogP contribution >= 0.6 is 0 Å². The minimum atomic E-state index is -0.586. The number of nitrogens with zero attached hydrogens (tertiary/aromatic N) is 1. The number of benzene rings is 2. The van der Waals surface area contributed by atoms with Gasteiger partial charge >= 0.3 is 5.97 Å². The Morgan fingerprint density at radius 2 is 1.73 bits per heavy atom. The molecule has 0 fully saturated rings. The first-order valence-electron chi connectivity index (χ1n) is 9.98. The molecule has 0 saturated carbocycles. The first-order chi connectivity index (χ1) is 14.5. The van der Waals surface area contributed by atoms with Gasteiger partial charge in [-0.2, -0.15) is 0 Å². The van der Waals surface area contributed by atoms with Crippen LogP contribution in [-0.4, -0.2) is 49.7 Å². The van der Waals surface area contributed by atoms with Gasteiger partial charge in [0.05, 0.1) is 0 Å². The van der Waals surface area contributed by atoms with Crippen LogP contribution in [0, 0.1) is 13.8 Å². The topological polar surface area (TPSA) is 74.3 Å². The first kappa shape index (κ1) is 21.5. The number of hydrogen-bond acceptors (Lipinski definition) is 6. The van der Waals surface area contributed by atoms with Crippen LogP contribution in [-0.2, 0) is 20.9 Å². The summed E-state index contributed by atoms with van der Waals surface area (Å²) >= 11 is 0. The van der Waals surface area contributed by atoms with E-state index in [1.165, 1.54) is 0 Å². The number of fused-ring (bicyclic) bond motifs is 1. The number of rotatable bonds is 8. The number of carbonyl (C=O) groups is 2. The molecule has 7 heteroatoms. The number of aryl methyl sites for hydroxylation is 2. The second-order valence-electron chi connectivity index (χ2n) is 7.08. The van der Waals surface area contributed by atoms with Crippen molar-refractivity contribution >= 4 is 11.9 Å². The lowest BCUT2D eigenvalue weighted by atomic mass is 10.1. The van der Waals surface area contributed by atoms with Gasteiger partial charge in [-0.15, -0.1) is 0 Å². The van der Waals surface area contributed by atoms with E-state index in [1.54, 1.807) is 11.0 Å². The molecule has 0 saturated heterocycles. The van der Waals surface area contributed by atoms with Gasteiger partial charge in [-0.25, -0.2) is 4.79 Å². The molecule has 30 heavy (non-hydrogen) atoms. The van der Waals surface area contributed by atoms with Crippen LogP contribution in [0.15, 0.2) is 36.4 Å². The Morgan fingerprint density at radius 1 is 0.967 bits per heavy atom. The summed E-state index contributed by atoms with van der Waals surface area (Å²) in [6.07, 6.45) is 0. The monoisotopic (exact) mass is 413 g/mol. The van der Waals surface area contributed by atoms with Crippen LogP contribution in [0.3, 0.4) is 0 Å². The molecule has 0 aromatic heterocycles. The number of likely N-dealkylation sites (N-methyl/N-ethyl adjacent to an activating group) is 1. The largest absolute Gasteiger partial charge is 0.486 e. The third-order valence-electron chi connectivity index (χ3n) is 4.91. The molecule has 2 aromatic rings. The highest BCUT2D eigenvalue weighted by atomic mass is 16.6. The summed E-state index contributed by atoms with van der Waals surface area (Å²) in [6, 6.07) is 11.2. The fourth-order valence-corrected chi connectivity index (χ4v) is 3.00. The quantitative estimate of drug-likeness (QED) is 0.620. The van der Waals surface area contributed by atoms with Gasteiger partial charge in [-0.1, -0.05) is 12.1 Å². The van der Waals surface area contributed by atoms with Crippen LogP contribution in [0.2, 0.25) is 0 Å². The third-order valence-corrected chi connectivity index (χ3v) is 4.91. The highest BCUT2D eigenvalue weighted by Crippen LogP contribution is 2.31. The molecule has 1 aliphatic rings. The summed E-state index contributed by atoms with van der Waals surface area (Å²) in [6.45, 7) is 7.20. The van der Waals surface area contributed by atoms with Gasteiger partial charge in [-0.3, -0.25) is 4.79 Å². The van der Waals surface area contributed by atoms with Gasteiger partial charge < -0.3 is 23.8 Å². The summed E-state index contributed by atoms with van der Waals surface area (Å²) in [5.74, 6) is 1.12. The van der Waals surface area contributed by atoms with Crippen molar-refractivity contribution in [3.63, 3.8) is 0 Å². The number of ether oxygens (including phenoxy) is 4. The van der Waals surface area contributed by atoms with Gasteiger partial charge in [0, 0.05) is 13.1 Å². The predicted molar refractivity (Wildman–Crippen MR) is 111 cm³/mol. The molecule has 1 amide bonds. The van der Waals surface area contributed by atoms with Gasteiger partial charge in [0.25, 0.3) is 5.91 Å². The molecular formula is C23H27NO6. The van der Waals surface area contributed by atoms with E-state index >= 15 is 0 Å². The summed E-state index contributed by atoms with van der Waals surface area (Å²) < 4.78 is 21.6. The zero-order valence-electron chi connectivity index (χ0n) is 17.6. The van der Waals surface area contributed by atoms with Gasteiger partial charge in [-0.05, 0) is 61.7 Å². The Balaban J connectivity index is 1.47. The SMILES string of the molecule is CCN(Cc1ccc2c(c1)OCCO2)C(=O)COC(=O)COc1ccc(C)c(C)c1. The molecule has 0 aliphatic carbocycles. The maximum absolute atomic E-state index is 12.5. The number of esters is 1. The molecule has 1 heterocycles. The third kappa shape index (κ3) is 5.65. The standard InChI is InChI=1S/C23H27NO6/c1-4-24(13-18-6-8-20-21(12-18)28-10-9-27-20)22(25)14-30-23(26)15-29-19-7-5-16(2)17(3)11-19/h5-8,11-12H,4,9-10,13-15H2,1-3H3. The molecule has 1 aliphatic heterocycles. The summed E-state index contributed by atoms with van der Waals surface area (Å²) in [7, 11) is 0. The molecule has 0 bridgehead atoms. The van der Waals surface area contributed by atoms with Crippen molar-refractivity contribution in [3.05, 3.63) is 53.1 Å². The van der Waals surface area contributed by atoms with Crippen LogP contribution in [0.4, 0.5) is 0 Å². The Hall–Kier alpha value is -3.22. The summed E-state index contributed by atoms with van der Waals surface area (Å²) in [5.41, 5.74) is 3.14. The van der Waals surface area contributed by atoms with Crippen molar-refractivity contribution in [1.82, 2.24) is 4.90 Å². The van der Waals surface area contributed by atoms with E-state index in [-0.39, 0.29) is 19.1 Å². The highest BCUT2D eigenvalue weighted by molar-refractivity contribution is 5.81. The molecule has 160 valence electrons. The summed E-state index contributed by atoms with van der Waals surface area (Å²) in [5, 5.41) is 0. The molecule has 7 nitrogen and oxygen atoms in total. The Morgan fingerprint density at radius 3 is 2.47 bits per heavy atom. The van der Waals surface area contributed by atoms with Crippen LogP contribution in [0.5, 0.6) is 17.2 Å². The Kier molecular flexibility index (Phi) is 7.17. The molecular weight excluding hydrogens is 386 g/mol. The molecule has 0 N–H and O–H groups in total. The lowest BCUT2D eigenvalue weighted by Gasteiger charge is -2.23. The Labute approximate surface area is 176 Å². The smallest absolute Gasteiger partial charge is 0.344 e. The molecule has 0 spiro atoms. The van der Waals surface area contributed by atoms with Crippen LogP contribution < -0.4 is 14.2 Å². The van der Waals surface area contributed by atoms with Crippen molar-refractivity contribution < 1.29 is 28.5 Å². The van der Waals surface area contributed by atoms with E-state index in [9.17, 15) is 9.59 Å². The number of carbonyl (C=O) groups excluding carboxylic acids is 2. The minimum Gasteiger partial charge on any atom is -0.486 e. The van der Waals surface area contributed by atoms with Crippen molar-refractivity contribution in [2.75, 3.05) is 33.0 Å². The number of hydrogen-bond donors (Lipinski definition) is 0. The van der Waals surface area contributed by atoms with Crippen LogP contribution in [0.25, 0.3) is 0 Å². The lowest BCUT2D eigenvalue weighted by Crippen LogP contribution is -2.34. The van der Waals surface area contributed by atoms with Crippen molar-refractivity contribution in [2.45, 2.75) is 27.3 Å². The maximum atomic E-state index is 12.5. The van der Waals surface area contributed by atoms with Gasteiger partial charge in [0.15, 0.2) is 24.7 Å². The predicted octanol–water partition coefficient (Wildman–Crippen LogP) is 3.05. The molecule has 0 radical (unpaired) electrons. The average Bonchev–Trinajstić information content (AvgIpc) is 2.76. The van der Waals surface area contributed by atoms with E-state index in [0.29, 0.717) is 43.6 Å². The zero-order chi connectivity index (χ0) is 21.5. The zero-order valence-corrected chi connectivity index (χ0v) is 17.6. The molecule has 0 atom stereocenters. The van der Waals surface area contributed by atoms with E-state index in [4.69, 9.17) is 18.9 Å². The summed E-state index contributed by atoms with van der Waals surface area (Å²) in [4.78, 5) is 26.0. The van der Waals surface area contributed by atoms with Crippen molar-refractivity contribution in [1.29, 1.82) is 0 Å². The van der Waals surface area contributed by atoms with E-state index in [1.807, 2.05) is 51.1 Å². The van der Waals surface area contributed by atoms with Gasteiger partial charge in [0.1, 0.15) is 19.0 Å². The fourth-order valence-electron chi connectivity index (χ4n) is 3.00. The van der Waals surface area contributed by atoms with Gasteiger partial charge in [0.2, 0.25) is 0 Å². The van der Waals surface area contributed by atoms with Crippen LogP contribution in [0.1, 0.15) is 23.6 Å². The first-order valence-corrected chi connectivity index (χ1v) is 9.98. The lowest BCUT2D eigenvalue weighted by molar-refractivity contribution is -0.153. The van der Waals surface area contributed by atoms with E-state index in [2.05, 4.69) is 0 Å². The second kappa shape index (κ2) is 10.0. The van der Waals surface area contributed by atoms with Crippen molar-refractivity contribution in [3.8, 4) is 17.2 Å². The average molecular weight is 413 g/mol. The maximum Gasteiger partial charge on any atom is 0.344 e. The minimum absolute atomic E-state index is 0.246. The normalized spacial score (nSPS) is 12.2. The molecule has 0 unspecified atom stereocenters. The second-order valence-corrected chi connectivity index (χ2v) is 7.08. The Bertz CT molecular complexity index is 911. The number of amides is 1. The molecule has 2 aromatic carbocycles. The fraction of sp³-hybridized carbons (Fsp3) is 0.391. The highest BCUT2D eigenvalue weighted by Gasteiger charge is 2.17. The van der Waals surface area contributed by atoms with E-state index < -0.39 is 5.97 Å². The van der Waals surface area contributed by atoms with Crippen molar-refractivity contribution in [2.24, 2.45) is 0 Å².